The van der Waals surface area contributed by atoms with E-state index in [9.17, 15) is 9.59 Å². The molecule has 19 heavy (non-hydrogen) atoms. The van der Waals surface area contributed by atoms with Gasteiger partial charge in [0.05, 0.1) is 6.54 Å². The van der Waals surface area contributed by atoms with Crippen molar-refractivity contribution in [2.75, 3.05) is 13.1 Å². The number of nitrogens with two attached hydrogens (primary N) is 2. The minimum absolute atomic E-state index is 0.0980. The number of hydrogen-bond donors (Lipinski definition) is 2. The highest BCUT2D eigenvalue weighted by atomic mass is 79.9. The highest BCUT2D eigenvalue weighted by molar-refractivity contribution is 9.10. The van der Waals surface area contributed by atoms with E-state index in [1.807, 2.05) is 24.3 Å². The van der Waals surface area contributed by atoms with Gasteiger partial charge in [0.2, 0.25) is 11.8 Å². The fourth-order valence-electron chi connectivity index (χ4n) is 1.62. The van der Waals surface area contributed by atoms with Crippen LogP contribution in [0.5, 0.6) is 0 Å². The summed E-state index contributed by atoms with van der Waals surface area (Å²) in [5.41, 5.74) is 11.6. The number of carbonyl (C=O) groups is 2. The lowest BCUT2D eigenvalue weighted by Crippen LogP contribution is -2.42. The second-order valence-electron chi connectivity index (χ2n) is 4.42. The van der Waals surface area contributed by atoms with E-state index in [-0.39, 0.29) is 24.9 Å². The zero-order valence-corrected chi connectivity index (χ0v) is 12.4. The normalized spacial score (nSPS) is 11.9. The van der Waals surface area contributed by atoms with Gasteiger partial charge in [0.25, 0.3) is 0 Å². The Morgan fingerprint density at radius 2 is 1.89 bits per heavy atom. The molecule has 0 radical (unpaired) electrons. The van der Waals surface area contributed by atoms with E-state index in [2.05, 4.69) is 15.9 Å². The Balaban J connectivity index is 2.82. The molecule has 0 aromatic heterocycles. The number of rotatable bonds is 6. The Morgan fingerprint density at radius 1 is 1.32 bits per heavy atom. The van der Waals surface area contributed by atoms with Crippen molar-refractivity contribution in [1.82, 2.24) is 4.90 Å². The number of primary amides is 1. The predicted octanol–water partition coefficient (Wildman–Crippen LogP) is 0.858. The molecule has 1 rings (SSSR count). The molecule has 6 heteroatoms. The van der Waals surface area contributed by atoms with E-state index in [1.165, 1.54) is 4.90 Å². The lowest BCUT2D eigenvalue weighted by atomic mass is 10.1. The molecule has 0 aliphatic rings. The zero-order valence-electron chi connectivity index (χ0n) is 10.8. The third kappa shape index (κ3) is 5.00. The van der Waals surface area contributed by atoms with E-state index >= 15 is 0 Å². The summed E-state index contributed by atoms with van der Waals surface area (Å²) in [6, 6.07) is 7.54. The van der Waals surface area contributed by atoms with Crippen LogP contribution >= 0.6 is 15.9 Å². The quantitative estimate of drug-likeness (QED) is 0.811. The molecule has 1 atom stereocenters. The average molecular weight is 328 g/mol. The average Bonchev–Trinajstić information content (AvgIpc) is 2.38. The van der Waals surface area contributed by atoms with E-state index in [0.717, 1.165) is 10.0 Å². The summed E-state index contributed by atoms with van der Waals surface area (Å²) < 4.78 is 0.958. The monoisotopic (exact) mass is 327 g/mol. The van der Waals surface area contributed by atoms with Crippen molar-refractivity contribution in [3.05, 3.63) is 34.3 Å². The minimum Gasteiger partial charge on any atom is -0.368 e. The van der Waals surface area contributed by atoms with Crippen LogP contribution in [0.3, 0.4) is 0 Å². The van der Waals surface area contributed by atoms with Crippen LogP contribution in [0, 0.1) is 5.92 Å². The fourth-order valence-corrected chi connectivity index (χ4v) is 1.89. The van der Waals surface area contributed by atoms with Gasteiger partial charge in [0.1, 0.15) is 0 Å². The van der Waals surface area contributed by atoms with Crippen LogP contribution in [0.25, 0.3) is 0 Å². The van der Waals surface area contributed by atoms with Crippen LogP contribution in [0.4, 0.5) is 0 Å². The molecule has 0 aliphatic carbocycles. The van der Waals surface area contributed by atoms with Crippen molar-refractivity contribution in [1.29, 1.82) is 0 Å². The van der Waals surface area contributed by atoms with E-state index in [0.29, 0.717) is 6.54 Å². The van der Waals surface area contributed by atoms with Crippen molar-refractivity contribution in [2.24, 2.45) is 17.4 Å². The van der Waals surface area contributed by atoms with Crippen LogP contribution in [-0.2, 0) is 16.1 Å². The highest BCUT2D eigenvalue weighted by Crippen LogP contribution is 2.13. The van der Waals surface area contributed by atoms with Gasteiger partial charge in [0.15, 0.2) is 0 Å². The highest BCUT2D eigenvalue weighted by Gasteiger charge is 2.21. The van der Waals surface area contributed by atoms with Gasteiger partial charge >= 0.3 is 0 Å². The maximum Gasteiger partial charge on any atom is 0.237 e. The molecule has 1 aromatic rings. The molecule has 0 heterocycles. The SMILES string of the molecule is CC(CN)C(=O)N(CC(N)=O)Cc1ccc(Br)cc1. The molecule has 0 fully saturated rings. The molecular weight excluding hydrogens is 310 g/mol. The Kier molecular flexibility index (Phi) is 5.98. The smallest absolute Gasteiger partial charge is 0.237 e. The summed E-state index contributed by atoms with van der Waals surface area (Å²) in [5.74, 6) is -1.02. The van der Waals surface area contributed by atoms with Crippen molar-refractivity contribution < 1.29 is 9.59 Å². The molecule has 0 saturated heterocycles. The molecule has 1 aromatic carbocycles. The van der Waals surface area contributed by atoms with Gasteiger partial charge < -0.3 is 16.4 Å². The molecule has 5 nitrogen and oxygen atoms in total. The summed E-state index contributed by atoms with van der Waals surface area (Å²) in [5, 5.41) is 0. The van der Waals surface area contributed by atoms with Gasteiger partial charge in [-0.3, -0.25) is 9.59 Å². The molecule has 4 N–H and O–H groups in total. The summed E-state index contributed by atoms with van der Waals surface area (Å²) in [6.45, 7) is 2.23. The fraction of sp³-hybridized carbons (Fsp3) is 0.385. The molecule has 0 aliphatic heterocycles. The van der Waals surface area contributed by atoms with Gasteiger partial charge in [-0.1, -0.05) is 35.0 Å². The van der Waals surface area contributed by atoms with E-state index in [1.54, 1.807) is 6.92 Å². The number of nitrogens with zero attached hydrogens (tertiary/aromatic N) is 1. The first kappa shape index (κ1) is 15.7. The van der Waals surface area contributed by atoms with Crippen LogP contribution in [0.15, 0.2) is 28.7 Å². The Bertz CT molecular complexity index is 448. The lowest BCUT2D eigenvalue weighted by molar-refractivity contribution is -0.138. The summed E-state index contributed by atoms with van der Waals surface area (Å²) in [7, 11) is 0. The van der Waals surface area contributed by atoms with Crippen LogP contribution in [0.2, 0.25) is 0 Å². The third-order valence-electron chi connectivity index (χ3n) is 2.72. The van der Waals surface area contributed by atoms with Crippen LogP contribution < -0.4 is 11.5 Å². The van der Waals surface area contributed by atoms with Crippen molar-refractivity contribution in [3.63, 3.8) is 0 Å². The lowest BCUT2D eigenvalue weighted by Gasteiger charge is -2.24. The zero-order chi connectivity index (χ0) is 14.4. The molecule has 0 bridgehead atoms. The minimum atomic E-state index is -0.533. The first-order valence-electron chi connectivity index (χ1n) is 5.95. The predicted molar refractivity (Wildman–Crippen MR) is 77.0 cm³/mol. The van der Waals surface area contributed by atoms with Crippen molar-refractivity contribution in [2.45, 2.75) is 13.5 Å². The maximum absolute atomic E-state index is 12.1. The first-order valence-corrected chi connectivity index (χ1v) is 6.75. The molecule has 2 amide bonds. The largest absolute Gasteiger partial charge is 0.368 e. The summed E-state index contributed by atoms with van der Waals surface area (Å²) >= 11 is 3.34. The molecule has 0 saturated carbocycles. The summed E-state index contributed by atoms with van der Waals surface area (Å²) in [6.07, 6.45) is 0. The topological polar surface area (TPSA) is 89.4 Å². The van der Waals surface area contributed by atoms with Gasteiger partial charge in [-0.15, -0.1) is 0 Å². The molecule has 0 spiro atoms. The van der Waals surface area contributed by atoms with Crippen molar-refractivity contribution >= 4 is 27.7 Å². The van der Waals surface area contributed by atoms with Crippen LogP contribution in [-0.4, -0.2) is 29.8 Å². The van der Waals surface area contributed by atoms with Gasteiger partial charge in [-0.05, 0) is 17.7 Å². The number of halogens is 1. The standard InChI is InChI=1S/C13H18BrN3O2/c1-9(6-15)13(19)17(8-12(16)18)7-10-2-4-11(14)5-3-10/h2-5,9H,6-8,15H2,1H3,(H2,16,18). The second kappa shape index (κ2) is 7.25. The van der Waals surface area contributed by atoms with E-state index < -0.39 is 5.91 Å². The van der Waals surface area contributed by atoms with Gasteiger partial charge in [-0.25, -0.2) is 0 Å². The Hall–Kier alpha value is -1.40. The van der Waals surface area contributed by atoms with Crippen LogP contribution in [0.1, 0.15) is 12.5 Å². The number of carbonyl (C=O) groups excluding carboxylic acids is 2. The third-order valence-corrected chi connectivity index (χ3v) is 3.25. The number of hydrogen-bond acceptors (Lipinski definition) is 3. The molecule has 104 valence electrons. The first-order chi connectivity index (χ1) is 8.93. The number of amides is 2. The Labute approximate surface area is 121 Å². The summed E-state index contributed by atoms with van der Waals surface area (Å²) in [4.78, 5) is 24.6. The second-order valence-corrected chi connectivity index (χ2v) is 5.34. The molecule has 1 unspecified atom stereocenters. The van der Waals surface area contributed by atoms with Gasteiger partial charge in [-0.2, -0.15) is 0 Å². The molecular formula is C13H18BrN3O2. The van der Waals surface area contributed by atoms with Crippen molar-refractivity contribution in [3.8, 4) is 0 Å². The Morgan fingerprint density at radius 3 is 2.37 bits per heavy atom. The van der Waals surface area contributed by atoms with E-state index in [4.69, 9.17) is 11.5 Å². The van der Waals surface area contributed by atoms with Gasteiger partial charge in [0, 0.05) is 23.5 Å². The number of benzene rings is 1. The maximum atomic E-state index is 12.1.